The number of nitrogens with one attached hydrogen (secondary N) is 1. The number of hydrogen-bond donors (Lipinski definition) is 2. The van der Waals surface area contributed by atoms with Gasteiger partial charge in [-0.25, -0.2) is 0 Å². The van der Waals surface area contributed by atoms with Crippen molar-refractivity contribution in [2.24, 2.45) is 0 Å². The van der Waals surface area contributed by atoms with Gasteiger partial charge in [0.15, 0.2) is 0 Å². The molecule has 0 aliphatic rings. The maximum atomic E-state index is 12.0. The second kappa shape index (κ2) is 4.84. The zero-order valence-electron chi connectivity index (χ0n) is 9.23. The quantitative estimate of drug-likeness (QED) is 0.831. The topological polar surface area (TPSA) is 80.9 Å². The number of carbonyl (C=O) groups is 1. The normalized spacial score (nSPS) is 11.3. The largest absolute Gasteiger partial charge is 0.471 e. The summed E-state index contributed by atoms with van der Waals surface area (Å²) in [5, 5.41) is 8.94. The van der Waals surface area contributed by atoms with Gasteiger partial charge in [-0.1, -0.05) is 23.5 Å². The lowest BCUT2D eigenvalue weighted by atomic mass is 10.2. The van der Waals surface area contributed by atoms with Crippen LogP contribution in [0.1, 0.15) is 0 Å². The van der Waals surface area contributed by atoms with Crippen LogP contribution in [0.2, 0.25) is 0 Å². The zero-order chi connectivity index (χ0) is 14.0. The molecule has 0 aliphatic carbocycles. The number of nitrogens with zero attached hydrogens (tertiary/aromatic N) is 2. The van der Waals surface area contributed by atoms with Crippen LogP contribution in [-0.2, 0) is 4.79 Å². The Morgan fingerprint density at radius 1 is 1.32 bits per heavy atom. The van der Waals surface area contributed by atoms with Gasteiger partial charge in [0.25, 0.3) is 0 Å². The Kier molecular flexibility index (Phi) is 3.38. The minimum atomic E-state index is -4.96. The van der Waals surface area contributed by atoms with Crippen molar-refractivity contribution >= 4 is 28.1 Å². The highest BCUT2D eigenvalue weighted by Crippen LogP contribution is 2.28. The van der Waals surface area contributed by atoms with Crippen LogP contribution in [0.3, 0.4) is 0 Å². The summed E-state index contributed by atoms with van der Waals surface area (Å²) >= 11 is 0.829. The number of benzene rings is 1. The number of rotatable bonds is 2. The van der Waals surface area contributed by atoms with Gasteiger partial charge in [-0.3, -0.25) is 10.1 Å². The molecular weight excluding hydrogens is 281 g/mol. The average molecular weight is 288 g/mol. The molecule has 1 amide bonds. The Hall–Kier alpha value is -2.16. The molecule has 9 heteroatoms. The number of aromatic nitrogens is 2. The summed E-state index contributed by atoms with van der Waals surface area (Å²) in [6.07, 6.45) is -4.96. The van der Waals surface area contributed by atoms with Crippen LogP contribution in [0.25, 0.3) is 10.6 Å². The van der Waals surface area contributed by atoms with E-state index in [1.807, 2.05) is 0 Å². The zero-order valence-corrected chi connectivity index (χ0v) is 10.0. The van der Waals surface area contributed by atoms with Crippen LogP contribution < -0.4 is 11.1 Å². The fourth-order valence-corrected chi connectivity index (χ4v) is 1.97. The highest BCUT2D eigenvalue weighted by molar-refractivity contribution is 7.18. The molecule has 19 heavy (non-hydrogen) atoms. The number of hydrogen-bond acceptors (Lipinski definition) is 5. The summed E-state index contributed by atoms with van der Waals surface area (Å²) in [5.41, 5.74) is 6.69. The van der Waals surface area contributed by atoms with Gasteiger partial charge < -0.3 is 5.73 Å². The molecule has 1 aromatic carbocycles. The minimum Gasteiger partial charge on any atom is -0.399 e. The number of anilines is 2. The van der Waals surface area contributed by atoms with Crippen LogP contribution in [0, 0.1) is 0 Å². The Morgan fingerprint density at radius 2 is 2.05 bits per heavy atom. The Labute approximate surface area is 109 Å². The lowest BCUT2D eigenvalue weighted by Gasteiger charge is -2.03. The number of alkyl halides is 3. The van der Waals surface area contributed by atoms with Crippen molar-refractivity contribution in [2.45, 2.75) is 6.18 Å². The minimum absolute atomic E-state index is 0.222. The van der Waals surface area contributed by atoms with Gasteiger partial charge in [0.1, 0.15) is 5.01 Å². The third kappa shape index (κ3) is 3.19. The maximum Gasteiger partial charge on any atom is 0.471 e. The number of halogens is 3. The van der Waals surface area contributed by atoms with E-state index < -0.39 is 12.1 Å². The standard InChI is InChI=1S/C10H7F3N4OS/c11-10(12,13)8(18)15-9-17-16-7(19-9)5-2-1-3-6(14)4-5/h1-4H,14H2,(H,15,17,18). The van der Waals surface area contributed by atoms with Gasteiger partial charge >= 0.3 is 12.1 Å². The first kappa shape index (κ1) is 13.3. The summed E-state index contributed by atoms with van der Waals surface area (Å²) < 4.78 is 36.1. The first-order chi connectivity index (χ1) is 8.86. The van der Waals surface area contributed by atoms with Crippen LogP contribution in [-0.4, -0.2) is 22.3 Å². The summed E-state index contributed by atoms with van der Waals surface area (Å²) in [6, 6.07) is 6.64. The lowest BCUT2D eigenvalue weighted by Crippen LogP contribution is -2.29. The number of nitrogen functional groups attached to an aromatic ring is 1. The van der Waals surface area contributed by atoms with E-state index in [-0.39, 0.29) is 5.13 Å². The van der Waals surface area contributed by atoms with E-state index in [1.165, 1.54) is 0 Å². The van der Waals surface area contributed by atoms with Crippen molar-refractivity contribution in [1.82, 2.24) is 10.2 Å². The molecule has 1 heterocycles. The number of carbonyl (C=O) groups excluding carboxylic acids is 1. The summed E-state index contributed by atoms with van der Waals surface area (Å²) in [4.78, 5) is 10.7. The van der Waals surface area contributed by atoms with Gasteiger partial charge in [0.2, 0.25) is 5.13 Å². The van der Waals surface area contributed by atoms with E-state index >= 15 is 0 Å². The number of nitrogens with two attached hydrogens (primary N) is 1. The fraction of sp³-hybridized carbons (Fsp3) is 0.100. The van der Waals surface area contributed by atoms with E-state index in [0.717, 1.165) is 11.3 Å². The predicted molar refractivity (Wildman–Crippen MR) is 64.4 cm³/mol. The van der Waals surface area contributed by atoms with E-state index in [0.29, 0.717) is 16.3 Å². The van der Waals surface area contributed by atoms with Gasteiger partial charge in [0, 0.05) is 11.3 Å². The Balaban J connectivity index is 2.18. The second-order valence-corrected chi connectivity index (χ2v) is 4.47. The summed E-state index contributed by atoms with van der Waals surface area (Å²) in [7, 11) is 0. The van der Waals surface area contributed by atoms with Crippen molar-refractivity contribution < 1.29 is 18.0 Å². The van der Waals surface area contributed by atoms with Gasteiger partial charge in [-0.05, 0) is 12.1 Å². The maximum absolute atomic E-state index is 12.0. The predicted octanol–water partition coefficient (Wildman–Crippen LogP) is 2.29. The van der Waals surface area contributed by atoms with Crippen LogP contribution in [0.15, 0.2) is 24.3 Å². The Bertz CT molecular complexity index is 611. The monoisotopic (exact) mass is 288 g/mol. The molecule has 5 nitrogen and oxygen atoms in total. The molecule has 0 unspecified atom stereocenters. The van der Waals surface area contributed by atoms with Crippen molar-refractivity contribution in [1.29, 1.82) is 0 Å². The highest BCUT2D eigenvalue weighted by Gasteiger charge is 2.39. The fourth-order valence-electron chi connectivity index (χ4n) is 1.23. The molecule has 0 fully saturated rings. The molecule has 1 aromatic heterocycles. The lowest BCUT2D eigenvalue weighted by molar-refractivity contribution is -0.167. The highest BCUT2D eigenvalue weighted by atomic mass is 32.1. The molecule has 0 aliphatic heterocycles. The molecule has 0 saturated carbocycles. The molecule has 0 spiro atoms. The molecule has 0 radical (unpaired) electrons. The van der Waals surface area contributed by atoms with Gasteiger partial charge in [-0.15, -0.1) is 10.2 Å². The molecule has 2 rings (SSSR count). The molecule has 2 aromatic rings. The molecule has 0 saturated heterocycles. The van der Waals surface area contributed by atoms with Gasteiger partial charge in [0.05, 0.1) is 0 Å². The van der Waals surface area contributed by atoms with Crippen molar-refractivity contribution in [3.63, 3.8) is 0 Å². The first-order valence-corrected chi connectivity index (χ1v) is 5.75. The average Bonchev–Trinajstić information content (AvgIpc) is 2.76. The van der Waals surface area contributed by atoms with E-state index in [4.69, 9.17) is 5.73 Å². The second-order valence-electron chi connectivity index (χ2n) is 3.49. The number of amides is 1. The van der Waals surface area contributed by atoms with E-state index in [2.05, 4.69) is 10.2 Å². The van der Waals surface area contributed by atoms with Crippen LogP contribution in [0.4, 0.5) is 24.0 Å². The first-order valence-electron chi connectivity index (χ1n) is 4.94. The Morgan fingerprint density at radius 3 is 2.68 bits per heavy atom. The van der Waals surface area contributed by atoms with Crippen molar-refractivity contribution in [3.8, 4) is 10.6 Å². The third-order valence-electron chi connectivity index (χ3n) is 2.04. The molecule has 0 bridgehead atoms. The summed E-state index contributed by atoms with van der Waals surface area (Å²) in [6.45, 7) is 0. The van der Waals surface area contributed by atoms with Crippen molar-refractivity contribution in [3.05, 3.63) is 24.3 Å². The molecule has 3 N–H and O–H groups in total. The smallest absolute Gasteiger partial charge is 0.399 e. The molecule has 0 atom stereocenters. The third-order valence-corrected chi connectivity index (χ3v) is 2.92. The SMILES string of the molecule is Nc1cccc(-c2nnc(NC(=O)C(F)(F)F)s2)c1. The van der Waals surface area contributed by atoms with Crippen LogP contribution in [0.5, 0.6) is 0 Å². The van der Waals surface area contributed by atoms with Crippen molar-refractivity contribution in [2.75, 3.05) is 11.1 Å². The van der Waals surface area contributed by atoms with Crippen LogP contribution >= 0.6 is 11.3 Å². The van der Waals surface area contributed by atoms with E-state index in [9.17, 15) is 18.0 Å². The van der Waals surface area contributed by atoms with Gasteiger partial charge in [-0.2, -0.15) is 13.2 Å². The van der Waals surface area contributed by atoms with E-state index in [1.54, 1.807) is 29.6 Å². The summed E-state index contributed by atoms with van der Waals surface area (Å²) in [5.74, 6) is -2.08. The molecule has 100 valence electrons. The molecular formula is C10H7F3N4OS.